The summed E-state index contributed by atoms with van der Waals surface area (Å²) in [5, 5.41) is 0. The van der Waals surface area contributed by atoms with Crippen molar-refractivity contribution >= 4 is 5.97 Å². The number of halogens is 1. The van der Waals surface area contributed by atoms with Gasteiger partial charge in [0.25, 0.3) is 0 Å². The van der Waals surface area contributed by atoms with Gasteiger partial charge in [-0.2, -0.15) is 0 Å². The van der Waals surface area contributed by atoms with Crippen LogP contribution in [0.2, 0.25) is 0 Å². The molecule has 0 heterocycles. The maximum Gasteiger partial charge on any atom is 0.338 e. The number of hydrogen-bond donors (Lipinski definition) is 0. The Morgan fingerprint density at radius 1 is 1.33 bits per heavy atom. The third kappa shape index (κ3) is 2.89. The molecule has 1 aliphatic rings. The van der Waals surface area contributed by atoms with Crippen molar-refractivity contribution in [3.05, 3.63) is 35.1 Å². The Kier molecular flexibility index (Phi) is 4.00. The van der Waals surface area contributed by atoms with E-state index in [2.05, 4.69) is 6.92 Å². The Labute approximate surface area is 107 Å². The number of esters is 1. The Morgan fingerprint density at radius 3 is 2.72 bits per heavy atom. The number of benzene rings is 1. The lowest BCUT2D eigenvalue weighted by Crippen LogP contribution is -2.28. The van der Waals surface area contributed by atoms with Crippen LogP contribution in [0.15, 0.2) is 18.2 Å². The summed E-state index contributed by atoms with van der Waals surface area (Å²) in [6, 6.07) is 4.35. The van der Waals surface area contributed by atoms with E-state index >= 15 is 0 Å². The van der Waals surface area contributed by atoms with E-state index in [-0.39, 0.29) is 17.9 Å². The first kappa shape index (κ1) is 13.1. The van der Waals surface area contributed by atoms with Gasteiger partial charge in [-0.05, 0) is 55.9 Å². The summed E-state index contributed by atoms with van der Waals surface area (Å²) >= 11 is 0. The Balaban J connectivity index is 2.04. The summed E-state index contributed by atoms with van der Waals surface area (Å²) in [5.41, 5.74) is 0.910. The lowest BCUT2D eigenvalue weighted by molar-refractivity contribution is 0.00480. The molecule has 2 rings (SSSR count). The predicted octanol–water partition coefficient (Wildman–Crippen LogP) is 3.87. The first-order chi connectivity index (χ1) is 8.58. The molecule has 0 aliphatic heterocycles. The zero-order chi connectivity index (χ0) is 13.1. The molecule has 0 spiro atoms. The van der Waals surface area contributed by atoms with Crippen LogP contribution in [0.1, 0.15) is 48.5 Å². The molecule has 98 valence electrons. The van der Waals surface area contributed by atoms with Crippen LogP contribution in [0.3, 0.4) is 0 Å². The van der Waals surface area contributed by atoms with Gasteiger partial charge in [0, 0.05) is 0 Å². The molecule has 0 bridgehead atoms. The fourth-order valence-electron chi connectivity index (χ4n) is 2.43. The van der Waals surface area contributed by atoms with Crippen molar-refractivity contribution in [1.29, 1.82) is 0 Å². The lowest BCUT2D eigenvalue weighted by atomic mass is 9.88. The van der Waals surface area contributed by atoms with Crippen LogP contribution >= 0.6 is 0 Å². The molecule has 1 fully saturated rings. The highest BCUT2D eigenvalue weighted by molar-refractivity contribution is 5.89. The molecule has 2 unspecified atom stereocenters. The third-order valence-corrected chi connectivity index (χ3v) is 3.68. The van der Waals surface area contributed by atoms with Gasteiger partial charge in [0.1, 0.15) is 11.9 Å². The van der Waals surface area contributed by atoms with Crippen LogP contribution in [0.4, 0.5) is 4.39 Å². The standard InChI is InChI=1S/C15H19FO2/c1-10-5-3-4-6-14(10)18-15(17)12-7-8-13(16)11(2)9-12/h7-10,14H,3-6H2,1-2H3. The third-order valence-electron chi connectivity index (χ3n) is 3.68. The fraction of sp³-hybridized carbons (Fsp3) is 0.533. The Morgan fingerprint density at radius 2 is 2.06 bits per heavy atom. The van der Waals surface area contributed by atoms with Gasteiger partial charge < -0.3 is 4.74 Å². The monoisotopic (exact) mass is 250 g/mol. The van der Waals surface area contributed by atoms with Gasteiger partial charge in [0.15, 0.2) is 0 Å². The molecular weight excluding hydrogens is 231 g/mol. The molecule has 1 saturated carbocycles. The van der Waals surface area contributed by atoms with Crippen LogP contribution in [0, 0.1) is 18.7 Å². The number of ether oxygens (including phenoxy) is 1. The van der Waals surface area contributed by atoms with E-state index in [9.17, 15) is 9.18 Å². The van der Waals surface area contributed by atoms with Crippen LogP contribution in [-0.2, 0) is 4.74 Å². The second kappa shape index (κ2) is 5.51. The van der Waals surface area contributed by atoms with E-state index in [4.69, 9.17) is 4.74 Å². The van der Waals surface area contributed by atoms with Gasteiger partial charge >= 0.3 is 5.97 Å². The van der Waals surface area contributed by atoms with Gasteiger partial charge in [-0.1, -0.05) is 13.3 Å². The first-order valence-corrected chi connectivity index (χ1v) is 6.55. The van der Waals surface area contributed by atoms with Gasteiger partial charge in [-0.15, -0.1) is 0 Å². The highest BCUT2D eigenvalue weighted by Gasteiger charge is 2.25. The predicted molar refractivity (Wildman–Crippen MR) is 68.0 cm³/mol. The lowest BCUT2D eigenvalue weighted by Gasteiger charge is -2.28. The van der Waals surface area contributed by atoms with Crippen molar-refractivity contribution in [1.82, 2.24) is 0 Å². The van der Waals surface area contributed by atoms with Crippen molar-refractivity contribution < 1.29 is 13.9 Å². The SMILES string of the molecule is Cc1cc(C(=O)OC2CCCCC2C)ccc1F. The topological polar surface area (TPSA) is 26.3 Å². The minimum Gasteiger partial charge on any atom is -0.459 e. The molecule has 3 heteroatoms. The van der Waals surface area contributed by atoms with Crippen molar-refractivity contribution in [2.45, 2.75) is 45.6 Å². The molecule has 0 saturated heterocycles. The summed E-state index contributed by atoms with van der Waals surface area (Å²) in [6.07, 6.45) is 4.39. The molecule has 0 amide bonds. The molecule has 2 nitrogen and oxygen atoms in total. The zero-order valence-corrected chi connectivity index (χ0v) is 10.9. The van der Waals surface area contributed by atoms with Crippen molar-refractivity contribution in [3.63, 3.8) is 0 Å². The van der Waals surface area contributed by atoms with Gasteiger partial charge in [-0.25, -0.2) is 9.18 Å². The van der Waals surface area contributed by atoms with Gasteiger partial charge in [-0.3, -0.25) is 0 Å². The number of aryl methyl sites for hydroxylation is 1. The molecule has 1 aliphatic carbocycles. The summed E-state index contributed by atoms with van der Waals surface area (Å²) in [5.74, 6) is -0.210. The van der Waals surface area contributed by atoms with E-state index in [0.717, 1.165) is 19.3 Å². The molecule has 2 atom stereocenters. The summed E-state index contributed by atoms with van der Waals surface area (Å²) < 4.78 is 18.7. The second-order valence-corrected chi connectivity index (χ2v) is 5.17. The minimum absolute atomic E-state index is 0.0107. The molecular formula is C15H19FO2. The Bertz CT molecular complexity index is 442. The van der Waals surface area contributed by atoms with E-state index in [1.165, 1.54) is 18.6 Å². The number of carbonyl (C=O) groups excluding carboxylic acids is 1. The van der Waals surface area contributed by atoms with Crippen molar-refractivity contribution in [3.8, 4) is 0 Å². The maximum absolute atomic E-state index is 13.1. The van der Waals surface area contributed by atoms with Crippen molar-refractivity contribution in [2.75, 3.05) is 0 Å². The Hall–Kier alpha value is -1.38. The quantitative estimate of drug-likeness (QED) is 0.745. The minimum atomic E-state index is -0.336. The fourth-order valence-corrected chi connectivity index (χ4v) is 2.43. The van der Waals surface area contributed by atoms with Crippen LogP contribution in [0.5, 0.6) is 0 Å². The van der Waals surface area contributed by atoms with Crippen molar-refractivity contribution in [2.24, 2.45) is 5.92 Å². The zero-order valence-electron chi connectivity index (χ0n) is 10.9. The molecule has 0 aromatic heterocycles. The maximum atomic E-state index is 13.1. The highest BCUT2D eigenvalue weighted by atomic mass is 19.1. The molecule has 0 N–H and O–H groups in total. The summed E-state index contributed by atoms with van der Waals surface area (Å²) in [4.78, 5) is 12.0. The number of rotatable bonds is 2. The molecule has 18 heavy (non-hydrogen) atoms. The molecule has 1 aromatic rings. The first-order valence-electron chi connectivity index (χ1n) is 6.55. The van der Waals surface area contributed by atoms with Crippen LogP contribution < -0.4 is 0 Å². The average Bonchev–Trinajstić information content (AvgIpc) is 2.35. The largest absolute Gasteiger partial charge is 0.459 e. The highest BCUT2D eigenvalue weighted by Crippen LogP contribution is 2.27. The molecule has 0 radical (unpaired) electrons. The number of hydrogen-bond acceptors (Lipinski definition) is 2. The van der Waals surface area contributed by atoms with Gasteiger partial charge in [0.05, 0.1) is 5.56 Å². The smallest absolute Gasteiger partial charge is 0.338 e. The van der Waals surface area contributed by atoms with Gasteiger partial charge in [0.2, 0.25) is 0 Å². The summed E-state index contributed by atoms with van der Waals surface area (Å²) in [7, 11) is 0. The molecule has 1 aromatic carbocycles. The number of carbonyl (C=O) groups is 1. The average molecular weight is 250 g/mol. The van der Waals surface area contributed by atoms with Crippen LogP contribution in [0.25, 0.3) is 0 Å². The van der Waals surface area contributed by atoms with Crippen LogP contribution in [-0.4, -0.2) is 12.1 Å². The van der Waals surface area contributed by atoms with E-state index < -0.39 is 0 Å². The normalized spacial score (nSPS) is 23.7. The van der Waals surface area contributed by atoms with E-state index in [1.807, 2.05) is 0 Å². The van der Waals surface area contributed by atoms with E-state index in [0.29, 0.717) is 17.0 Å². The second-order valence-electron chi connectivity index (χ2n) is 5.17. The summed E-state index contributed by atoms with van der Waals surface area (Å²) in [6.45, 7) is 3.77. The van der Waals surface area contributed by atoms with E-state index in [1.54, 1.807) is 13.0 Å².